The maximum atomic E-state index is 12.0. The average Bonchev–Trinajstić information content (AvgIpc) is 3.04. The van der Waals surface area contributed by atoms with Crippen molar-refractivity contribution in [3.63, 3.8) is 0 Å². The Morgan fingerprint density at radius 2 is 1.93 bits per heavy atom. The number of hydrogen-bond donors (Lipinski definition) is 2. The molecule has 1 saturated heterocycles. The Hall–Kier alpha value is -2.05. The minimum Gasteiger partial charge on any atom is -0.365 e. The predicted octanol–water partition coefficient (Wildman–Crippen LogP) is 4.06. The highest BCUT2D eigenvalue weighted by atomic mass is 35.5. The summed E-state index contributed by atoms with van der Waals surface area (Å²) in [6.07, 6.45) is 5.21. The van der Waals surface area contributed by atoms with Crippen LogP contribution in [0.3, 0.4) is 0 Å². The van der Waals surface area contributed by atoms with Crippen LogP contribution in [0.5, 0.6) is 0 Å². The molecule has 2 fully saturated rings. The maximum Gasteiger partial charge on any atom is 0.254 e. The van der Waals surface area contributed by atoms with Crippen LogP contribution in [0.1, 0.15) is 49.5 Å². The van der Waals surface area contributed by atoms with Crippen molar-refractivity contribution >= 4 is 29.0 Å². The minimum atomic E-state index is -0.474. The van der Waals surface area contributed by atoms with Crippen LogP contribution in [0.15, 0.2) is 30.5 Å². The first-order valence-corrected chi connectivity index (χ1v) is 10.4. The number of likely N-dealkylation sites (tertiary alicyclic amines) is 1. The number of nitrogens with zero attached hydrogens (tertiary/aromatic N) is 3. The number of anilines is 2. The van der Waals surface area contributed by atoms with Gasteiger partial charge in [-0.15, -0.1) is 0 Å². The normalized spacial score (nSPS) is 26.0. The van der Waals surface area contributed by atoms with Crippen molar-refractivity contribution < 1.29 is 4.79 Å². The summed E-state index contributed by atoms with van der Waals surface area (Å²) >= 11 is 5.95. The average molecular weight is 402 g/mol. The molecule has 7 heteroatoms. The molecule has 1 aliphatic carbocycles. The Balaban J connectivity index is 1.50. The zero-order valence-electron chi connectivity index (χ0n) is 16.4. The summed E-state index contributed by atoms with van der Waals surface area (Å²) < 4.78 is 1.94. The van der Waals surface area contributed by atoms with Crippen molar-refractivity contribution in [2.24, 2.45) is 17.6 Å². The number of carbonyl (C=O) groups is 1. The van der Waals surface area contributed by atoms with Gasteiger partial charge in [0.1, 0.15) is 5.56 Å². The van der Waals surface area contributed by atoms with Crippen molar-refractivity contribution in [3.8, 4) is 0 Å². The van der Waals surface area contributed by atoms with Gasteiger partial charge in [0.15, 0.2) is 5.82 Å². The van der Waals surface area contributed by atoms with Crippen LogP contribution in [0.25, 0.3) is 0 Å². The Kier molecular flexibility index (Phi) is 5.34. The van der Waals surface area contributed by atoms with E-state index in [9.17, 15) is 4.79 Å². The molecule has 1 aliphatic heterocycles. The van der Waals surface area contributed by atoms with Gasteiger partial charge in [-0.3, -0.25) is 14.4 Å². The predicted molar refractivity (Wildman–Crippen MR) is 112 cm³/mol. The quantitative estimate of drug-likeness (QED) is 0.792. The van der Waals surface area contributed by atoms with Crippen LogP contribution < -0.4 is 11.1 Å². The third-order valence-electron chi connectivity index (χ3n) is 6.15. The lowest BCUT2D eigenvalue weighted by molar-refractivity contribution is 0.0211. The molecule has 3 atom stereocenters. The second kappa shape index (κ2) is 7.76. The van der Waals surface area contributed by atoms with Gasteiger partial charge in [0.25, 0.3) is 5.91 Å². The van der Waals surface area contributed by atoms with Crippen molar-refractivity contribution in [1.82, 2.24) is 14.7 Å². The third-order valence-corrected chi connectivity index (χ3v) is 6.40. The number of nitrogens with two attached hydrogens (primary N) is 1. The summed E-state index contributed by atoms with van der Waals surface area (Å²) in [4.78, 5) is 14.6. The summed E-state index contributed by atoms with van der Waals surface area (Å²) in [5.41, 5.74) is 6.85. The molecular formula is C21H28ClN5O. The van der Waals surface area contributed by atoms with Crippen molar-refractivity contribution in [3.05, 3.63) is 41.0 Å². The molecule has 1 amide bonds. The van der Waals surface area contributed by atoms with E-state index in [1.54, 1.807) is 18.3 Å². The molecule has 0 spiro atoms. The van der Waals surface area contributed by atoms with Gasteiger partial charge >= 0.3 is 0 Å². The lowest BCUT2D eigenvalue weighted by atomic mass is 9.80. The molecule has 0 radical (unpaired) electrons. The number of primary amides is 1. The highest BCUT2D eigenvalue weighted by Crippen LogP contribution is 2.38. The monoisotopic (exact) mass is 401 g/mol. The molecule has 0 bridgehead atoms. The highest BCUT2D eigenvalue weighted by molar-refractivity contribution is 6.30. The summed E-state index contributed by atoms with van der Waals surface area (Å²) in [6, 6.07) is 8.27. The molecule has 1 aromatic heterocycles. The van der Waals surface area contributed by atoms with E-state index in [-0.39, 0.29) is 6.04 Å². The van der Waals surface area contributed by atoms with E-state index in [1.807, 2.05) is 16.8 Å². The molecule has 2 heterocycles. The van der Waals surface area contributed by atoms with Crippen molar-refractivity contribution in [2.75, 3.05) is 18.4 Å². The molecule has 28 heavy (non-hydrogen) atoms. The van der Waals surface area contributed by atoms with E-state index in [4.69, 9.17) is 22.4 Å². The second-order valence-corrected chi connectivity index (χ2v) is 8.87. The number of aromatic nitrogens is 2. The SMILES string of the molecule is CC1CN([C@H]2CC[C@H](n3cc(C(N)=O)c(Nc4ccc(Cl)cc4)n3)[C@@H](C)C2)C1. The summed E-state index contributed by atoms with van der Waals surface area (Å²) in [5, 5.41) is 8.56. The van der Waals surface area contributed by atoms with E-state index in [0.29, 0.717) is 28.4 Å². The van der Waals surface area contributed by atoms with Gasteiger partial charge < -0.3 is 11.1 Å². The van der Waals surface area contributed by atoms with Crippen LogP contribution >= 0.6 is 11.6 Å². The molecular weight excluding hydrogens is 374 g/mol. The molecule has 4 rings (SSSR count). The topological polar surface area (TPSA) is 76.2 Å². The maximum absolute atomic E-state index is 12.0. The van der Waals surface area contributed by atoms with Crippen molar-refractivity contribution in [2.45, 2.75) is 45.2 Å². The lowest BCUT2D eigenvalue weighted by Crippen LogP contribution is -2.52. The summed E-state index contributed by atoms with van der Waals surface area (Å²) in [7, 11) is 0. The van der Waals surface area contributed by atoms with Gasteiger partial charge in [-0.2, -0.15) is 5.10 Å². The largest absolute Gasteiger partial charge is 0.365 e. The zero-order valence-corrected chi connectivity index (χ0v) is 17.2. The van der Waals surface area contributed by atoms with Crippen LogP contribution in [0.2, 0.25) is 5.02 Å². The van der Waals surface area contributed by atoms with Gasteiger partial charge in [0.05, 0.1) is 6.04 Å². The van der Waals surface area contributed by atoms with Gasteiger partial charge in [0, 0.05) is 36.0 Å². The van der Waals surface area contributed by atoms with Gasteiger partial charge in [0.2, 0.25) is 0 Å². The number of amides is 1. The number of nitrogens with one attached hydrogen (secondary N) is 1. The summed E-state index contributed by atoms with van der Waals surface area (Å²) in [5.74, 6) is 1.36. The first-order valence-electron chi connectivity index (χ1n) is 10.1. The van der Waals surface area contributed by atoms with Crippen LogP contribution in [0, 0.1) is 11.8 Å². The van der Waals surface area contributed by atoms with E-state index >= 15 is 0 Å². The fourth-order valence-electron chi connectivity index (χ4n) is 4.63. The standard InChI is InChI=1S/C21H28ClN5O/c1-13-10-26(11-13)17-7-8-19(14(2)9-17)27-12-18(20(23)28)21(25-27)24-16-5-3-15(22)4-6-16/h3-6,12-14,17,19H,7-11H2,1-2H3,(H2,23,28)(H,24,25)/t14-,17-,19-/m0/s1. The van der Waals surface area contributed by atoms with E-state index in [2.05, 4.69) is 24.1 Å². The zero-order chi connectivity index (χ0) is 19.8. The molecule has 150 valence electrons. The number of carbonyl (C=O) groups excluding carboxylic acids is 1. The minimum absolute atomic E-state index is 0.286. The van der Waals surface area contributed by atoms with Gasteiger partial charge in [-0.05, 0) is 55.4 Å². The molecule has 2 aromatic rings. The fraction of sp³-hybridized carbons (Fsp3) is 0.524. The molecule has 1 saturated carbocycles. The molecule has 3 N–H and O–H groups in total. The lowest BCUT2D eigenvalue weighted by Gasteiger charge is -2.47. The Morgan fingerprint density at radius 1 is 1.21 bits per heavy atom. The van der Waals surface area contributed by atoms with Crippen LogP contribution in [-0.2, 0) is 0 Å². The number of hydrogen-bond acceptors (Lipinski definition) is 4. The fourth-order valence-corrected chi connectivity index (χ4v) is 4.75. The van der Waals surface area contributed by atoms with Crippen molar-refractivity contribution in [1.29, 1.82) is 0 Å². The molecule has 1 aromatic carbocycles. The Labute approximate surface area is 171 Å². The smallest absolute Gasteiger partial charge is 0.254 e. The Morgan fingerprint density at radius 3 is 2.54 bits per heavy atom. The number of halogens is 1. The van der Waals surface area contributed by atoms with Gasteiger partial charge in [-0.1, -0.05) is 25.4 Å². The summed E-state index contributed by atoms with van der Waals surface area (Å²) in [6.45, 7) is 7.06. The van der Waals surface area contributed by atoms with E-state index in [1.165, 1.54) is 25.9 Å². The van der Waals surface area contributed by atoms with Crippen LogP contribution in [-0.4, -0.2) is 39.7 Å². The highest BCUT2D eigenvalue weighted by Gasteiger charge is 2.36. The number of rotatable bonds is 5. The third kappa shape index (κ3) is 3.89. The molecule has 0 unspecified atom stereocenters. The van der Waals surface area contributed by atoms with E-state index < -0.39 is 5.91 Å². The van der Waals surface area contributed by atoms with Gasteiger partial charge in [-0.25, -0.2) is 0 Å². The Bertz CT molecular complexity index is 843. The first kappa shape index (κ1) is 19.3. The molecule has 2 aliphatic rings. The van der Waals surface area contributed by atoms with E-state index in [0.717, 1.165) is 18.0 Å². The first-order chi connectivity index (χ1) is 13.4. The molecule has 6 nitrogen and oxygen atoms in total. The number of benzene rings is 1. The van der Waals surface area contributed by atoms with Crippen LogP contribution in [0.4, 0.5) is 11.5 Å². The second-order valence-electron chi connectivity index (χ2n) is 8.44.